The summed E-state index contributed by atoms with van der Waals surface area (Å²) in [6, 6.07) is 0. The van der Waals surface area contributed by atoms with E-state index < -0.39 is 41.9 Å². The molecule has 0 radical (unpaired) electrons. The highest BCUT2D eigenvalue weighted by atomic mass is 19.3. The molecule has 0 unspecified atom stereocenters. The van der Waals surface area contributed by atoms with E-state index >= 15 is 0 Å². The van der Waals surface area contributed by atoms with Gasteiger partial charge in [-0.3, -0.25) is 14.4 Å². The van der Waals surface area contributed by atoms with Gasteiger partial charge in [-0.1, -0.05) is 0 Å². The lowest BCUT2D eigenvalue weighted by Gasteiger charge is -2.46. The van der Waals surface area contributed by atoms with E-state index in [0.29, 0.717) is 30.6 Å². The Morgan fingerprint density at radius 2 is 2.04 bits per heavy atom. The van der Waals surface area contributed by atoms with E-state index in [-0.39, 0.29) is 17.0 Å². The maximum Gasteiger partial charge on any atom is 0.293 e. The van der Waals surface area contributed by atoms with Gasteiger partial charge < -0.3 is 15.6 Å². The van der Waals surface area contributed by atoms with Crippen LogP contribution in [0.1, 0.15) is 57.1 Å². The zero-order valence-corrected chi connectivity index (χ0v) is 15.0. The lowest BCUT2D eigenvalue weighted by atomic mass is 9.71. The van der Waals surface area contributed by atoms with E-state index in [1.54, 1.807) is 11.5 Å². The molecule has 2 amide bonds. The largest absolute Gasteiger partial charge is 0.364 e. The molecule has 3 heterocycles. The first kappa shape index (κ1) is 18.3. The van der Waals surface area contributed by atoms with Crippen LogP contribution in [0.4, 0.5) is 8.78 Å². The number of fused-ring (bicyclic) bond motifs is 1. The summed E-state index contributed by atoms with van der Waals surface area (Å²) in [6.45, 7) is 2.08. The number of hydrogen-bond donors (Lipinski definition) is 3. The van der Waals surface area contributed by atoms with Crippen molar-refractivity contribution in [3.8, 4) is 0 Å². The van der Waals surface area contributed by atoms with E-state index in [0.717, 1.165) is 0 Å². The van der Waals surface area contributed by atoms with Gasteiger partial charge in [0.15, 0.2) is 0 Å². The van der Waals surface area contributed by atoms with E-state index in [1.165, 1.54) is 6.20 Å². The zero-order chi connectivity index (χ0) is 20.3. The third kappa shape index (κ3) is 2.60. The minimum Gasteiger partial charge on any atom is -0.364 e. The van der Waals surface area contributed by atoms with Gasteiger partial charge in [-0.25, -0.2) is 8.78 Å². The Morgan fingerprint density at radius 1 is 1.32 bits per heavy atom. The molecule has 1 aliphatic carbocycles. The quantitative estimate of drug-likeness (QED) is 0.505. The number of halogens is 2. The molecule has 4 N–H and O–H groups in total. The number of ketones is 1. The molecule has 28 heavy (non-hydrogen) atoms. The molecule has 2 aromatic rings. The van der Waals surface area contributed by atoms with Crippen LogP contribution >= 0.6 is 0 Å². The van der Waals surface area contributed by atoms with E-state index in [2.05, 4.69) is 20.7 Å². The number of rotatable bonds is 5. The first-order chi connectivity index (χ1) is 13.2. The number of aromatic nitrogens is 4. The number of alkyl halides is 2. The number of nitrogens with two attached hydrogens (primary N) is 1. The predicted molar refractivity (Wildman–Crippen MR) is 90.7 cm³/mol. The van der Waals surface area contributed by atoms with Gasteiger partial charge in [-0.05, 0) is 25.3 Å². The molecule has 4 rings (SSSR count). The second-order valence-electron chi connectivity index (χ2n) is 7.34. The minimum atomic E-state index is -2.97. The van der Waals surface area contributed by atoms with Crippen molar-refractivity contribution in [2.75, 3.05) is 0 Å². The van der Waals surface area contributed by atoms with Gasteiger partial charge in [0, 0.05) is 25.1 Å². The maximum atomic E-state index is 13.6. The number of carbonyl (C=O) groups excluding carboxylic acids is 3. The fraction of sp³-hybridized carbons (Fsp3) is 0.471. The van der Waals surface area contributed by atoms with Crippen molar-refractivity contribution >= 4 is 17.6 Å². The zero-order valence-electron chi connectivity index (χ0n) is 15.0. The van der Waals surface area contributed by atoms with Gasteiger partial charge in [-0.2, -0.15) is 15.4 Å². The molecule has 2 aromatic heterocycles. The molecule has 0 spiro atoms. The fourth-order valence-electron chi connectivity index (χ4n) is 4.32. The number of nitrogens with one attached hydrogen (secondary N) is 2. The third-order valence-electron chi connectivity index (χ3n) is 5.46. The van der Waals surface area contributed by atoms with Crippen LogP contribution in [0, 0.1) is 6.92 Å². The summed E-state index contributed by atoms with van der Waals surface area (Å²) >= 11 is 0. The summed E-state index contributed by atoms with van der Waals surface area (Å²) in [5, 5.41) is 12.2. The highest BCUT2D eigenvalue weighted by molar-refractivity contribution is 6.43. The number of primary amides is 1. The average Bonchev–Trinajstić information content (AvgIpc) is 3.28. The van der Waals surface area contributed by atoms with Crippen molar-refractivity contribution in [1.82, 2.24) is 25.3 Å². The molecular formula is C17H18F2N6O3. The van der Waals surface area contributed by atoms with Gasteiger partial charge in [0.05, 0.1) is 17.3 Å². The van der Waals surface area contributed by atoms with Crippen molar-refractivity contribution in [3.63, 3.8) is 0 Å². The van der Waals surface area contributed by atoms with Crippen molar-refractivity contribution in [2.45, 2.75) is 50.6 Å². The molecule has 2 aliphatic rings. The van der Waals surface area contributed by atoms with Gasteiger partial charge in [0.2, 0.25) is 0 Å². The highest BCUT2D eigenvalue weighted by Crippen LogP contribution is 2.51. The lowest BCUT2D eigenvalue weighted by Crippen LogP contribution is -2.61. The first-order valence-electron chi connectivity index (χ1n) is 8.78. The topological polar surface area (TPSA) is 136 Å². The van der Waals surface area contributed by atoms with E-state index in [9.17, 15) is 23.2 Å². The van der Waals surface area contributed by atoms with Gasteiger partial charge in [0.25, 0.3) is 23.5 Å². The van der Waals surface area contributed by atoms with Crippen LogP contribution < -0.4 is 11.1 Å². The van der Waals surface area contributed by atoms with E-state index in [1.807, 2.05) is 0 Å². The van der Waals surface area contributed by atoms with Gasteiger partial charge >= 0.3 is 0 Å². The van der Waals surface area contributed by atoms with E-state index in [4.69, 9.17) is 5.73 Å². The Kier molecular flexibility index (Phi) is 3.88. The number of nitrogens with zero attached hydrogens (tertiary/aromatic N) is 3. The molecule has 1 fully saturated rings. The number of hydrogen-bond acceptors (Lipinski definition) is 5. The Balaban J connectivity index is 1.66. The maximum absolute atomic E-state index is 13.6. The minimum absolute atomic E-state index is 0.116. The number of amides is 2. The van der Waals surface area contributed by atoms with Crippen LogP contribution in [-0.2, 0) is 23.3 Å². The molecule has 1 aliphatic heterocycles. The summed E-state index contributed by atoms with van der Waals surface area (Å²) in [6.07, 6.45) is 1.13. The first-order valence-corrected chi connectivity index (χ1v) is 8.78. The normalized spacial score (nSPS) is 19.0. The van der Waals surface area contributed by atoms with Crippen molar-refractivity contribution in [2.24, 2.45) is 5.73 Å². The predicted octanol–water partition coefficient (Wildman–Crippen LogP) is 0.583. The van der Waals surface area contributed by atoms with Crippen LogP contribution in [0.25, 0.3) is 0 Å². The number of aromatic amines is 1. The second kappa shape index (κ2) is 5.94. The van der Waals surface area contributed by atoms with Crippen LogP contribution in [-0.4, -0.2) is 43.5 Å². The molecule has 1 saturated carbocycles. The summed E-state index contributed by atoms with van der Waals surface area (Å²) < 4.78 is 28.8. The molecule has 148 valence electrons. The SMILES string of the molecule is Cc1c(C(=O)C(=O)NC2(c3cn[nH]n3)CC(F)(F)C2)c2n(c1C(N)=O)CCC2. The lowest BCUT2D eigenvalue weighted by molar-refractivity contribution is -0.148. The monoisotopic (exact) mass is 392 g/mol. The van der Waals surface area contributed by atoms with Crippen LogP contribution in [0.15, 0.2) is 6.20 Å². The summed E-state index contributed by atoms with van der Waals surface area (Å²) in [5.41, 5.74) is 5.32. The molecule has 0 bridgehead atoms. The van der Waals surface area contributed by atoms with Crippen molar-refractivity contribution in [1.29, 1.82) is 0 Å². The van der Waals surface area contributed by atoms with Crippen molar-refractivity contribution in [3.05, 3.63) is 34.4 Å². The third-order valence-corrected chi connectivity index (χ3v) is 5.46. The van der Waals surface area contributed by atoms with Gasteiger partial charge in [-0.15, -0.1) is 0 Å². The average molecular weight is 392 g/mol. The van der Waals surface area contributed by atoms with Crippen molar-refractivity contribution < 1.29 is 23.2 Å². The summed E-state index contributed by atoms with van der Waals surface area (Å²) in [4.78, 5) is 37.4. The van der Waals surface area contributed by atoms with Crippen LogP contribution in [0.5, 0.6) is 0 Å². The smallest absolute Gasteiger partial charge is 0.293 e. The number of H-pyrrole nitrogens is 1. The van der Waals surface area contributed by atoms with Crippen LogP contribution in [0.3, 0.4) is 0 Å². The molecule has 11 heteroatoms. The molecule has 0 atom stereocenters. The molecular weight excluding hydrogens is 374 g/mol. The summed E-state index contributed by atoms with van der Waals surface area (Å²) in [5.74, 6) is -5.56. The molecule has 0 saturated heterocycles. The Hall–Kier alpha value is -3.11. The second-order valence-corrected chi connectivity index (χ2v) is 7.34. The van der Waals surface area contributed by atoms with Crippen LogP contribution in [0.2, 0.25) is 0 Å². The Morgan fingerprint density at radius 3 is 2.61 bits per heavy atom. The highest BCUT2D eigenvalue weighted by Gasteiger charge is 2.60. The standard InChI is InChI=1S/C17H18F2N6O3/c1-8-11(9-3-2-4-25(9)12(8)14(20)27)13(26)15(28)22-16(6-17(18,19)7-16)10-5-21-24-23-10/h5H,2-4,6-7H2,1H3,(H2,20,27)(H,22,28)(H,21,23,24). The summed E-state index contributed by atoms with van der Waals surface area (Å²) in [7, 11) is 0. The molecule has 9 nitrogen and oxygen atoms in total. The Labute approximate surface area is 157 Å². The Bertz CT molecular complexity index is 987. The van der Waals surface area contributed by atoms with Gasteiger partial charge in [0.1, 0.15) is 11.4 Å². The number of carbonyl (C=O) groups is 3. The fourth-order valence-corrected chi connectivity index (χ4v) is 4.32. The number of Topliss-reactive ketones (excluding diaryl/α,β-unsaturated/α-hetero) is 1. The molecule has 0 aromatic carbocycles.